The minimum absolute atomic E-state index is 0.180. The van der Waals surface area contributed by atoms with E-state index >= 15 is 0 Å². The number of fused-ring (bicyclic) bond motifs is 4. The molecule has 1 N–H and O–H groups in total. The van der Waals surface area contributed by atoms with Crippen molar-refractivity contribution >= 4 is 11.7 Å². The zero-order valence-electron chi connectivity index (χ0n) is 22.4. The van der Waals surface area contributed by atoms with E-state index in [9.17, 15) is 4.79 Å². The normalized spacial score (nSPS) is 15.3. The number of amides is 2. The monoisotopic (exact) mass is 531 g/mol. The number of aromatic nitrogens is 3. The first-order chi connectivity index (χ1) is 19.6. The fraction of sp³-hybridized carbons (Fsp3) is 0.188. The molecular weight excluding hydrogens is 502 g/mol. The Kier molecular flexibility index (Phi) is 5.81. The number of carbonyl (C=O) groups is 1. The molecule has 3 aromatic carbocycles. The Morgan fingerprint density at radius 3 is 2.58 bits per heavy atom. The first-order valence-electron chi connectivity index (χ1n) is 13.5. The quantitative estimate of drug-likeness (QED) is 0.291. The van der Waals surface area contributed by atoms with Crippen molar-refractivity contribution in [2.75, 3.05) is 12.1 Å². The largest absolute Gasteiger partial charge is 0.454 e. The van der Waals surface area contributed by atoms with Crippen LogP contribution >= 0.6 is 0 Å². The molecule has 2 aromatic heterocycles. The van der Waals surface area contributed by atoms with Crippen LogP contribution in [0.4, 0.5) is 10.5 Å². The molecule has 0 unspecified atom stereocenters. The number of carbonyl (C=O) groups excluding carboxylic acids is 1. The summed E-state index contributed by atoms with van der Waals surface area (Å²) in [5.74, 6) is 2.25. The molecule has 2 aliphatic rings. The number of anilines is 1. The number of ether oxygens (including phenoxy) is 2. The lowest BCUT2D eigenvalue weighted by atomic mass is 10.0. The second-order valence-corrected chi connectivity index (χ2v) is 10.1. The van der Waals surface area contributed by atoms with Gasteiger partial charge in [0, 0.05) is 23.5 Å². The summed E-state index contributed by atoms with van der Waals surface area (Å²) < 4.78 is 15.2. The standard InChI is InChI=1S/C32H29N5O3/c1-3-26-25-19-36(32(38)33-23-15-16-28-29(18-23)40-20-39-28)30(22-13-11-21(2)12-14-22)27-10-7-17-35(27)31(25)37(34-26)24-8-5-4-6-9-24/h4-18,30H,3,19-20H2,1-2H3,(H,33,38)/t30-/m1/s1. The van der Waals surface area contributed by atoms with E-state index in [-0.39, 0.29) is 18.9 Å². The summed E-state index contributed by atoms with van der Waals surface area (Å²) in [5.41, 5.74) is 6.80. The van der Waals surface area contributed by atoms with Crippen molar-refractivity contribution in [3.8, 4) is 23.0 Å². The SMILES string of the molecule is CCc1nn(-c2ccccc2)c2c1CN(C(=O)Nc1ccc3c(c1)OCO3)[C@H](c1ccc(C)cc1)c1cccn1-2. The Balaban J connectivity index is 1.38. The summed E-state index contributed by atoms with van der Waals surface area (Å²) in [7, 11) is 0. The highest BCUT2D eigenvalue weighted by Crippen LogP contribution is 2.40. The van der Waals surface area contributed by atoms with E-state index in [1.165, 1.54) is 5.56 Å². The maximum Gasteiger partial charge on any atom is 0.322 e. The number of rotatable bonds is 4. The lowest BCUT2D eigenvalue weighted by Crippen LogP contribution is -2.38. The van der Waals surface area contributed by atoms with Gasteiger partial charge in [-0.15, -0.1) is 0 Å². The van der Waals surface area contributed by atoms with Crippen LogP contribution in [0.3, 0.4) is 0 Å². The van der Waals surface area contributed by atoms with Crippen LogP contribution < -0.4 is 14.8 Å². The van der Waals surface area contributed by atoms with Crippen molar-refractivity contribution in [3.05, 3.63) is 119 Å². The van der Waals surface area contributed by atoms with Crippen molar-refractivity contribution in [2.24, 2.45) is 0 Å². The van der Waals surface area contributed by atoms with Gasteiger partial charge < -0.3 is 24.3 Å². The van der Waals surface area contributed by atoms with E-state index in [4.69, 9.17) is 14.6 Å². The summed E-state index contributed by atoms with van der Waals surface area (Å²) in [4.78, 5) is 16.1. The molecule has 4 heterocycles. The molecule has 40 heavy (non-hydrogen) atoms. The molecule has 200 valence electrons. The smallest absolute Gasteiger partial charge is 0.322 e. The van der Waals surface area contributed by atoms with Crippen molar-refractivity contribution in [3.63, 3.8) is 0 Å². The Morgan fingerprint density at radius 2 is 1.77 bits per heavy atom. The Morgan fingerprint density at radius 1 is 0.975 bits per heavy atom. The third-order valence-electron chi connectivity index (χ3n) is 7.58. The van der Waals surface area contributed by atoms with Crippen molar-refractivity contribution in [2.45, 2.75) is 32.9 Å². The van der Waals surface area contributed by atoms with Gasteiger partial charge in [-0.2, -0.15) is 5.10 Å². The van der Waals surface area contributed by atoms with Gasteiger partial charge in [0.2, 0.25) is 6.79 Å². The summed E-state index contributed by atoms with van der Waals surface area (Å²) in [6.07, 6.45) is 2.81. The number of para-hydroxylation sites is 1. The Labute approximate surface area is 232 Å². The highest BCUT2D eigenvalue weighted by Gasteiger charge is 2.36. The second-order valence-electron chi connectivity index (χ2n) is 10.1. The fourth-order valence-electron chi connectivity index (χ4n) is 5.62. The van der Waals surface area contributed by atoms with E-state index in [0.29, 0.717) is 23.7 Å². The third kappa shape index (κ3) is 4.00. The van der Waals surface area contributed by atoms with Gasteiger partial charge in [-0.3, -0.25) is 0 Å². The molecule has 0 aliphatic carbocycles. The van der Waals surface area contributed by atoms with Crippen LogP contribution in [-0.2, 0) is 13.0 Å². The number of benzene rings is 3. The topological polar surface area (TPSA) is 73.6 Å². The highest BCUT2D eigenvalue weighted by molar-refractivity contribution is 5.90. The molecule has 1 atom stereocenters. The zero-order valence-corrected chi connectivity index (χ0v) is 22.4. The third-order valence-corrected chi connectivity index (χ3v) is 7.58. The summed E-state index contributed by atoms with van der Waals surface area (Å²) in [6, 6.07) is 27.6. The molecule has 7 rings (SSSR count). The molecule has 2 amide bonds. The molecular formula is C32H29N5O3. The Hall–Kier alpha value is -4.98. The maximum atomic E-state index is 14.2. The van der Waals surface area contributed by atoms with E-state index in [0.717, 1.165) is 40.4 Å². The van der Waals surface area contributed by atoms with Crippen molar-refractivity contribution < 1.29 is 14.3 Å². The minimum Gasteiger partial charge on any atom is -0.454 e. The van der Waals surface area contributed by atoms with Crippen molar-refractivity contribution in [1.29, 1.82) is 0 Å². The van der Waals surface area contributed by atoms with Crippen LogP contribution in [-0.4, -0.2) is 32.1 Å². The lowest BCUT2D eigenvalue weighted by Gasteiger charge is -2.31. The van der Waals surface area contributed by atoms with Gasteiger partial charge in [0.1, 0.15) is 5.82 Å². The van der Waals surface area contributed by atoms with E-state index in [2.05, 4.69) is 72.4 Å². The molecule has 0 spiro atoms. The molecule has 0 saturated heterocycles. The first-order valence-corrected chi connectivity index (χ1v) is 13.5. The van der Waals surface area contributed by atoms with Gasteiger partial charge in [-0.25, -0.2) is 9.48 Å². The van der Waals surface area contributed by atoms with Crippen LogP contribution in [0.25, 0.3) is 11.5 Å². The zero-order chi connectivity index (χ0) is 27.2. The number of aryl methyl sites for hydroxylation is 2. The number of urea groups is 1. The number of nitrogens with one attached hydrogen (secondary N) is 1. The summed E-state index contributed by atoms with van der Waals surface area (Å²) in [6.45, 7) is 4.75. The van der Waals surface area contributed by atoms with E-state index in [1.807, 2.05) is 46.0 Å². The van der Waals surface area contributed by atoms with Crippen molar-refractivity contribution in [1.82, 2.24) is 19.2 Å². The van der Waals surface area contributed by atoms with Gasteiger partial charge in [-0.05, 0) is 55.3 Å². The van der Waals surface area contributed by atoms with Crippen LogP contribution in [0.2, 0.25) is 0 Å². The van der Waals surface area contributed by atoms with Gasteiger partial charge in [0.05, 0.1) is 29.7 Å². The fourth-order valence-corrected chi connectivity index (χ4v) is 5.62. The highest BCUT2D eigenvalue weighted by atomic mass is 16.7. The molecule has 0 bridgehead atoms. The maximum absolute atomic E-state index is 14.2. The van der Waals surface area contributed by atoms with Crippen LogP contribution in [0, 0.1) is 6.92 Å². The number of nitrogens with zero attached hydrogens (tertiary/aromatic N) is 4. The molecule has 2 aliphatic heterocycles. The van der Waals surface area contributed by atoms with Crippen LogP contribution in [0.1, 0.15) is 41.0 Å². The summed E-state index contributed by atoms with van der Waals surface area (Å²) >= 11 is 0. The molecule has 0 saturated carbocycles. The average Bonchev–Trinajstić information content (AvgIpc) is 3.71. The number of hydrogen-bond donors (Lipinski definition) is 1. The van der Waals surface area contributed by atoms with Gasteiger partial charge in [0.25, 0.3) is 0 Å². The summed E-state index contributed by atoms with van der Waals surface area (Å²) in [5, 5.41) is 8.16. The molecule has 8 heteroatoms. The predicted octanol–water partition coefficient (Wildman–Crippen LogP) is 6.40. The first kappa shape index (κ1) is 24.1. The Bertz CT molecular complexity index is 1700. The van der Waals surface area contributed by atoms with E-state index in [1.54, 1.807) is 6.07 Å². The molecule has 8 nitrogen and oxygen atoms in total. The van der Waals surface area contributed by atoms with Gasteiger partial charge in [-0.1, -0.05) is 55.0 Å². The molecule has 5 aromatic rings. The average molecular weight is 532 g/mol. The second kappa shape index (κ2) is 9.64. The molecule has 0 fully saturated rings. The van der Waals surface area contributed by atoms with Crippen LogP contribution in [0.5, 0.6) is 11.5 Å². The van der Waals surface area contributed by atoms with Crippen LogP contribution in [0.15, 0.2) is 91.1 Å². The van der Waals surface area contributed by atoms with E-state index < -0.39 is 0 Å². The lowest BCUT2D eigenvalue weighted by molar-refractivity contribution is 0.174. The number of hydrogen-bond acceptors (Lipinski definition) is 4. The van der Waals surface area contributed by atoms with Gasteiger partial charge in [0.15, 0.2) is 11.5 Å². The van der Waals surface area contributed by atoms with Gasteiger partial charge >= 0.3 is 6.03 Å². The predicted molar refractivity (Wildman–Crippen MR) is 152 cm³/mol. The molecule has 0 radical (unpaired) electrons. The minimum atomic E-state index is -0.328.